The molecule has 0 aliphatic rings. The minimum Gasteiger partial charge on any atom is -0.359 e. The predicted molar refractivity (Wildman–Crippen MR) is 74.7 cm³/mol. The fraction of sp³-hybridized carbons (Fsp3) is 0.188. The molecule has 0 heterocycles. The molecular weight excluding hydrogens is 238 g/mol. The Morgan fingerprint density at radius 1 is 1.00 bits per heavy atom. The number of ether oxygens (including phenoxy) is 1. The van der Waals surface area contributed by atoms with Crippen LogP contribution in [0.3, 0.4) is 0 Å². The van der Waals surface area contributed by atoms with Gasteiger partial charge in [-0.2, -0.15) is 0 Å². The van der Waals surface area contributed by atoms with E-state index in [-0.39, 0.29) is 18.6 Å². The zero-order chi connectivity index (χ0) is 13.5. The average Bonchev–Trinajstić information content (AvgIpc) is 2.49. The van der Waals surface area contributed by atoms with Crippen molar-refractivity contribution in [2.24, 2.45) is 0 Å². The lowest BCUT2D eigenvalue weighted by molar-refractivity contribution is -0.126. The number of hydrogen-bond acceptors (Lipinski definition) is 2. The molecule has 0 aliphatic carbocycles. The van der Waals surface area contributed by atoms with E-state index >= 15 is 0 Å². The quantitative estimate of drug-likeness (QED) is 0.891. The van der Waals surface area contributed by atoms with Crippen molar-refractivity contribution in [2.75, 3.05) is 13.7 Å². The van der Waals surface area contributed by atoms with Gasteiger partial charge in [0.2, 0.25) is 5.91 Å². The van der Waals surface area contributed by atoms with Crippen LogP contribution in [0, 0.1) is 0 Å². The van der Waals surface area contributed by atoms with Gasteiger partial charge in [0, 0.05) is 7.05 Å². The van der Waals surface area contributed by atoms with Gasteiger partial charge in [0.25, 0.3) is 0 Å². The Labute approximate surface area is 113 Å². The van der Waals surface area contributed by atoms with Crippen LogP contribution in [0.4, 0.5) is 0 Å². The summed E-state index contributed by atoms with van der Waals surface area (Å²) in [5, 5.41) is 2.56. The van der Waals surface area contributed by atoms with Crippen LogP contribution in [0.15, 0.2) is 60.7 Å². The zero-order valence-corrected chi connectivity index (χ0v) is 10.9. The van der Waals surface area contributed by atoms with Gasteiger partial charge in [-0.05, 0) is 11.1 Å². The third-order valence-electron chi connectivity index (χ3n) is 2.86. The van der Waals surface area contributed by atoms with E-state index in [1.165, 1.54) is 0 Å². The molecule has 19 heavy (non-hydrogen) atoms. The summed E-state index contributed by atoms with van der Waals surface area (Å²) in [7, 11) is 1.60. The Hall–Kier alpha value is -2.13. The summed E-state index contributed by atoms with van der Waals surface area (Å²) in [6.07, 6.45) is -0.223. The number of hydrogen-bond donors (Lipinski definition) is 1. The molecule has 2 rings (SSSR count). The molecule has 1 amide bonds. The van der Waals surface area contributed by atoms with Gasteiger partial charge >= 0.3 is 0 Å². The molecule has 98 valence electrons. The van der Waals surface area contributed by atoms with Crippen molar-refractivity contribution < 1.29 is 9.53 Å². The van der Waals surface area contributed by atoms with Crippen LogP contribution in [-0.2, 0) is 9.53 Å². The topological polar surface area (TPSA) is 38.3 Å². The second-order valence-corrected chi connectivity index (χ2v) is 4.19. The van der Waals surface area contributed by atoms with Crippen LogP contribution in [0.5, 0.6) is 0 Å². The van der Waals surface area contributed by atoms with E-state index in [9.17, 15) is 4.79 Å². The smallest absolute Gasteiger partial charge is 0.245 e. The zero-order valence-electron chi connectivity index (χ0n) is 10.9. The van der Waals surface area contributed by atoms with E-state index in [1.807, 2.05) is 60.7 Å². The molecule has 0 fully saturated rings. The molecule has 0 atom stereocenters. The Balaban J connectivity index is 2.21. The van der Waals surface area contributed by atoms with E-state index in [1.54, 1.807) is 7.05 Å². The molecule has 3 heteroatoms. The van der Waals surface area contributed by atoms with Crippen LogP contribution >= 0.6 is 0 Å². The second-order valence-electron chi connectivity index (χ2n) is 4.19. The molecule has 0 aliphatic heterocycles. The van der Waals surface area contributed by atoms with Crippen molar-refractivity contribution in [1.82, 2.24) is 5.32 Å². The lowest BCUT2D eigenvalue weighted by Crippen LogP contribution is -2.24. The van der Waals surface area contributed by atoms with Crippen LogP contribution in [0.25, 0.3) is 0 Å². The first-order valence-electron chi connectivity index (χ1n) is 6.23. The van der Waals surface area contributed by atoms with E-state index in [0.29, 0.717) is 0 Å². The highest BCUT2D eigenvalue weighted by atomic mass is 16.5. The number of carbonyl (C=O) groups excluding carboxylic acids is 1. The fourth-order valence-electron chi connectivity index (χ4n) is 1.87. The van der Waals surface area contributed by atoms with Crippen molar-refractivity contribution in [2.45, 2.75) is 6.10 Å². The average molecular weight is 255 g/mol. The van der Waals surface area contributed by atoms with Crippen molar-refractivity contribution >= 4 is 5.91 Å². The highest BCUT2D eigenvalue weighted by Crippen LogP contribution is 2.25. The number of carbonyl (C=O) groups is 1. The van der Waals surface area contributed by atoms with Crippen LogP contribution in [-0.4, -0.2) is 19.6 Å². The summed E-state index contributed by atoms with van der Waals surface area (Å²) in [5.74, 6) is -0.128. The molecule has 3 nitrogen and oxygen atoms in total. The number of likely N-dealkylation sites (N-methyl/N-ethyl adjacent to an activating group) is 1. The van der Waals surface area contributed by atoms with Gasteiger partial charge in [-0.15, -0.1) is 0 Å². The Morgan fingerprint density at radius 3 is 1.89 bits per heavy atom. The molecule has 0 radical (unpaired) electrons. The molecular formula is C16H17NO2. The molecule has 2 aromatic rings. The Kier molecular flexibility index (Phi) is 4.70. The summed E-state index contributed by atoms with van der Waals surface area (Å²) in [4.78, 5) is 11.3. The summed E-state index contributed by atoms with van der Waals surface area (Å²) >= 11 is 0. The van der Waals surface area contributed by atoms with Gasteiger partial charge < -0.3 is 10.1 Å². The second kappa shape index (κ2) is 6.71. The lowest BCUT2D eigenvalue weighted by atomic mass is 10.0. The van der Waals surface area contributed by atoms with E-state index in [4.69, 9.17) is 4.74 Å². The summed E-state index contributed by atoms with van der Waals surface area (Å²) in [5.41, 5.74) is 2.08. The Morgan fingerprint density at radius 2 is 1.47 bits per heavy atom. The van der Waals surface area contributed by atoms with Gasteiger partial charge in [0.05, 0.1) is 0 Å². The normalized spacial score (nSPS) is 10.4. The molecule has 0 aromatic heterocycles. The lowest BCUT2D eigenvalue weighted by Gasteiger charge is -2.18. The maximum absolute atomic E-state index is 11.3. The van der Waals surface area contributed by atoms with Gasteiger partial charge in [0.15, 0.2) is 0 Å². The highest BCUT2D eigenvalue weighted by Gasteiger charge is 2.15. The predicted octanol–water partition coefficient (Wildman–Crippen LogP) is 2.54. The van der Waals surface area contributed by atoms with Crippen molar-refractivity contribution in [3.8, 4) is 0 Å². The van der Waals surface area contributed by atoms with Gasteiger partial charge in [-0.3, -0.25) is 4.79 Å². The maximum Gasteiger partial charge on any atom is 0.245 e. The number of amides is 1. The molecule has 0 bridgehead atoms. The third-order valence-corrected chi connectivity index (χ3v) is 2.86. The first kappa shape index (κ1) is 13.3. The van der Waals surface area contributed by atoms with Crippen molar-refractivity contribution in [3.05, 3.63) is 71.8 Å². The van der Waals surface area contributed by atoms with Crippen LogP contribution in [0.1, 0.15) is 17.2 Å². The van der Waals surface area contributed by atoms with E-state index in [2.05, 4.69) is 5.32 Å². The first-order chi connectivity index (χ1) is 9.31. The van der Waals surface area contributed by atoms with Crippen molar-refractivity contribution in [1.29, 1.82) is 0 Å². The Bertz CT molecular complexity index is 471. The van der Waals surface area contributed by atoms with Gasteiger partial charge in [-0.1, -0.05) is 60.7 Å². The van der Waals surface area contributed by atoms with Gasteiger partial charge in [-0.25, -0.2) is 0 Å². The van der Waals surface area contributed by atoms with Gasteiger partial charge in [0.1, 0.15) is 12.7 Å². The van der Waals surface area contributed by atoms with E-state index < -0.39 is 0 Å². The van der Waals surface area contributed by atoms with Crippen molar-refractivity contribution in [3.63, 3.8) is 0 Å². The molecule has 0 unspecified atom stereocenters. The summed E-state index contributed by atoms with van der Waals surface area (Å²) in [6, 6.07) is 19.8. The first-order valence-corrected chi connectivity index (χ1v) is 6.23. The number of nitrogens with one attached hydrogen (secondary N) is 1. The molecule has 0 saturated heterocycles. The summed E-state index contributed by atoms with van der Waals surface area (Å²) in [6.45, 7) is 0.0466. The monoisotopic (exact) mass is 255 g/mol. The molecule has 0 saturated carbocycles. The minimum atomic E-state index is -0.223. The van der Waals surface area contributed by atoms with E-state index in [0.717, 1.165) is 11.1 Å². The minimum absolute atomic E-state index is 0.0466. The van der Waals surface area contributed by atoms with Crippen LogP contribution < -0.4 is 5.32 Å². The SMILES string of the molecule is CNC(=O)COC(c1ccccc1)c1ccccc1. The number of benzene rings is 2. The molecule has 2 aromatic carbocycles. The standard InChI is InChI=1S/C16H17NO2/c1-17-15(18)12-19-16(13-8-4-2-5-9-13)14-10-6-3-7-11-14/h2-11,16H,12H2,1H3,(H,17,18). The maximum atomic E-state index is 11.3. The third kappa shape index (κ3) is 3.66. The fourth-order valence-corrected chi connectivity index (χ4v) is 1.87. The largest absolute Gasteiger partial charge is 0.359 e. The number of rotatable bonds is 5. The highest BCUT2D eigenvalue weighted by molar-refractivity contribution is 5.76. The molecule has 0 spiro atoms. The summed E-state index contributed by atoms with van der Waals surface area (Å²) < 4.78 is 5.75. The molecule has 1 N–H and O–H groups in total. The van der Waals surface area contributed by atoms with Crippen LogP contribution in [0.2, 0.25) is 0 Å².